The monoisotopic (exact) mass is 512 g/mol. The lowest BCUT2D eigenvalue weighted by molar-refractivity contribution is 0.208. The lowest BCUT2D eigenvalue weighted by atomic mass is 10.1. The Morgan fingerprint density at radius 1 is 1.10 bits per heavy atom. The highest BCUT2D eigenvalue weighted by Crippen LogP contribution is 2.28. The van der Waals surface area contributed by atoms with Crippen LogP contribution in [0.25, 0.3) is 10.9 Å². The number of aliphatic imine (C=N–C) groups is 1. The Kier molecular flexibility index (Phi) is 9.85. The maximum Gasteiger partial charge on any atom is 0.191 e. The smallest absolute Gasteiger partial charge is 0.191 e. The number of rotatable bonds is 10. The molecule has 0 spiro atoms. The van der Waals surface area contributed by atoms with Gasteiger partial charge in [0.2, 0.25) is 0 Å². The molecule has 0 amide bonds. The first-order valence-corrected chi connectivity index (χ1v) is 9.48. The fourth-order valence-corrected chi connectivity index (χ4v) is 3.08. The summed E-state index contributed by atoms with van der Waals surface area (Å²) in [5, 5.41) is 7.88. The molecule has 0 aliphatic rings. The number of guanidine groups is 1. The van der Waals surface area contributed by atoms with E-state index in [-0.39, 0.29) is 24.0 Å². The van der Waals surface area contributed by atoms with Crippen LogP contribution in [-0.2, 0) is 17.6 Å². The van der Waals surface area contributed by atoms with E-state index >= 15 is 0 Å². The molecule has 0 saturated heterocycles. The van der Waals surface area contributed by atoms with E-state index in [2.05, 4.69) is 26.7 Å². The number of fused-ring (bicyclic) bond motifs is 1. The molecular formula is C21H29IN4O3. The highest BCUT2D eigenvalue weighted by atomic mass is 127. The zero-order chi connectivity index (χ0) is 19.6. The van der Waals surface area contributed by atoms with Gasteiger partial charge in [-0.2, -0.15) is 0 Å². The standard InChI is InChI=1S/C21H28N4O3.HI/c1-26-14-12-24-21(23-11-9-17-5-4-13-28-17)22-10-8-16-15-25-18-6-3-7-19(27-2)20(16)18;/h3-7,13,15,25H,8-12,14H2,1-2H3,(H2,22,23,24);1H. The van der Waals surface area contributed by atoms with Crippen molar-refractivity contribution >= 4 is 40.8 Å². The molecule has 0 saturated carbocycles. The van der Waals surface area contributed by atoms with E-state index in [1.54, 1.807) is 20.5 Å². The van der Waals surface area contributed by atoms with Crippen molar-refractivity contribution in [2.45, 2.75) is 12.8 Å². The Morgan fingerprint density at radius 3 is 2.66 bits per heavy atom. The van der Waals surface area contributed by atoms with Gasteiger partial charge in [0.25, 0.3) is 0 Å². The predicted molar refractivity (Wildman–Crippen MR) is 127 cm³/mol. The molecule has 0 aliphatic carbocycles. The predicted octanol–water partition coefficient (Wildman–Crippen LogP) is 3.35. The van der Waals surface area contributed by atoms with Gasteiger partial charge in [-0.15, -0.1) is 24.0 Å². The first-order valence-electron chi connectivity index (χ1n) is 9.48. The number of hydrogen-bond acceptors (Lipinski definition) is 4. The number of H-pyrrole nitrogens is 1. The van der Waals surface area contributed by atoms with Crippen LogP contribution in [0.2, 0.25) is 0 Å². The van der Waals surface area contributed by atoms with E-state index in [9.17, 15) is 0 Å². The van der Waals surface area contributed by atoms with Crippen LogP contribution in [0, 0.1) is 0 Å². The normalized spacial score (nSPS) is 11.3. The molecule has 0 aliphatic heterocycles. The number of benzene rings is 1. The summed E-state index contributed by atoms with van der Waals surface area (Å²) in [6.07, 6.45) is 5.39. The van der Waals surface area contributed by atoms with Crippen LogP contribution in [0.5, 0.6) is 5.75 Å². The number of nitrogens with zero attached hydrogens (tertiary/aromatic N) is 1. The molecule has 0 fully saturated rings. The maximum atomic E-state index is 5.51. The third kappa shape index (κ3) is 6.67. The molecule has 158 valence electrons. The zero-order valence-electron chi connectivity index (χ0n) is 16.9. The van der Waals surface area contributed by atoms with Crippen molar-refractivity contribution in [2.75, 3.05) is 40.5 Å². The fourth-order valence-electron chi connectivity index (χ4n) is 3.08. The summed E-state index contributed by atoms with van der Waals surface area (Å²) in [4.78, 5) is 7.87. The van der Waals surface area contributed by atoms with Crippen molar-refractivity contribution in [1.82, 2.24) is 15.6 Å². The Balaban J connectivity index is 0.00000300. The summed E-state index contributed by atoms with van der Waals surface area (Å²) in [5.41, 5.74) is 2.30. The van der Waals surface area contributed by atoms with Gasteiger partial charge in [0.15, 0.2) is 5.96 Å². The highest BCUT2D eigenvalue weighted by molar-refractivity contribution is 14.0. The molecule has 3 aromatic rings. The largest absolute Gasteiger partial charge is 0.496 e. The molecule has 0 atom stereocenters. The van der Waals surface area contributed by atoms with Crippen molar-refractivity contribution in [1.29, 1.82) is 0 Å². The van der Waals surface area contributed by atoms with Gasteiger partial charge in [-0.3, -0.25) is 4.99 Å². The summed E-state index contributed by atoms with van der Waals surface area (Å²) in [6.45, 7) is 2.69. The van der Waals surface area contributed by atoms with Crippen LogP contribution in [0.15, 0.2) is 52.2 Å². The van der Waals surface area contributed by atoms with Crippen molar-refractivity contribution in [3.63, 3.8) is 0 Å². The third-order valence-corrected chi connectivity index (χ3v) is 4.47. The van der Waals surface area contributed by atoms with Crippen molar-refractivity contribution in [3.8, 4) is 5.75 Å². The first kappa shape index (κ1) is 23.1. The Labute approximate surface area is 188 Å². The van der Waals surface area contributed by atoms with Gasteiger partial charge in [0, 0.05) is 43.7 Å². The summed E-state index contributed by atoms with van der Waals surface area (Å²) in [7, 11) is 3.38. The van der Waals surface area contributed by atoms with Gasteiger partial charge in [0.05, 0.1) is 26.5 Å². The SMILES string of the molecule is COCCN=C(NCCc1ccco1)NCCc1c[nH]c2cccc(OC)c12.I. The van der Waals surface area contributed by atoms with Gasteiger partial charge in [-0.05, 0) is 36.2 Å². The number of nitrogens with one attached hydrogen (secondary N) is 3. The average Bonchev–Trinajstić information content (AvgIpc) is 3.38. The number of furan rings is 1. The van der Waals surface area contributed by atoms with E-state index in [0.717, 1.165) is 54.3 Å². The minimum Gasteiger partial charge on any atom is -0.496 e. The molecule has 7 nitrogen and oxygen atoms in total. The Bertz CT molecular complexity index is 877. The molecular weight excluding hydrogens is 483 g/mol. The maximum absolute atomic E-state index is 5.51. The Morgan fingerprint density at radius 2 is 1.93 bits per heavy atom. The quantitative estimate of drug-likeness (QED) is 0.168. The van der Waals surface area contributed by atoms with Gasteiger partial charge in [0.1, 0.15) is 11.5 Å². The van der Waals surface area contributed by atoms with Gasteiger partial charge < -0.3 is 29.5 Å². The van der Waals surface area contributed by atoms with Crippen LogP contribution in [0.1, 0.15) is 11.3 Å². The van der Waals surface area contributed by atoms with E-state index in [1.807, 2.05) is 30.5 Å². The molecule has 3 N–H and O–H groups in total. The number of aromatic amines is 1. The van der Waals surface area contributed by atoms with Crippen molar-refractivity contribution in [3.05, 3.63) is 54.1 Å². The lowest BCUT2D eigenvalue weighted by Gasteiger charge is -2.12. The number of methoxy groups -OCH3 is 2. The second-order valence-corrected chi connectivity index (χ2v) is 6.35. The van der Waals surface area contributed by atoms with Crippen LogP contribution in [0.3, 0.4) is 0 Å². The molecule has 0 unspecified atom stereocenters. The van der Waals surface area contributed by atoms with Gasteiger partial charge in [-0.1, -0.05) is 6.07 Å². The number of hydrogen-bond donors (Lipinski definition) is 3. The zero-order valence-corrected chi connectivity index (χ0v) is 19.2. The van der Waals surface area contributed by atoms with Crippen LogP contribution in [0.4, 0.5) is 0 Å². The van der Waals surface area contributed by atoms with E-state index in [4.69, 9.17) is 13.9 Å². The summed E-state index contributed by atoms with van der Waals surface area (Å²) >= 11 is 0. The molecule has 3 rings (SSSR count). The minimum absolute atomic E-state index is 0. The van der Waals surface area contributed by atoms with Crippen molar-refractivity contribution in [2.24, 2.45) is 4.99 Å². The van der Waals surface area contributed by atoms with E-state index in [1.165, 1.54) is 5.56 Å². The van der Waals surface area contributed by atoms with Gasteiger partial charge >= 0.3 is 0 Å². The molecule has 2 aromatic heterocycles. The summed E-state index contributed by atoms with van der Waals surface area (Å²) < 4.78 is 16.0. The molecule has 1 aromatic carbocycles. The molecule has 8 heteroatoms. The van der Waals surface area contributed by atoms with Crippen molar-refractivity contribution < 1.29 is 13.9 Å². The van der Waals surface area contributed by atoms with Crippen LogP contribution < -0.4 is 15.4 Å². The first-order chi connectivity index (χ1) is 13.8. The van der Waals surface area contributed by atoms with E-state index < -0.39 is 0 Å². The number of halogens is 1. The topological polar surface area (TPSA) is 83.8 Å². The molecule has 0 radical (unpaired) electrons. The minimum atomic E-state index is 0. The molecule has 29 heavy (non-hydrogen) atoms. The Hall–Kier alpha value is -2.20. The summed E-state index contributed by atoms with van der Waals surface area (Å²) in [5.74, 6) is 2.62. The summed E-state index contributed by atoms with van der Waals surface area (Å²) in [6, 6.07) is 9.91. The van der Waals surface area contributed by atoms with Gasteiger partial charge in [-0.25, -0.2) is 0 Å². The van der Waals surface area contributed by atoms with E-state index in [0.29, 0.717) is 13.2 Å². The number of aromatic nitrogens is 1. The lowest BCUT2D eigenvalue weighted by Crippen LogP contribution is -2.39. The second-order valence-electron chi connectivity index (χ2n) is 6.35. The molecule has 2 heterocycles. The fraction of sp³-hybridized carbons (Fsp3) is 0.381. The second kappa shape index (κ2) is 12.4. The molecule has 0 bridgehead atoms. The van der Waals surface area contributed by atoms with Crippen LogP contribution in [-0.4, -0.2) is 51.4 Å². The van der Waals surface area contributed by atoms with Crippen LogP contribution >= 0.6 is 24.0 Å². The highest BCUT2D eigenvalue weighted by Gasteiger charge is 2.09. The third-order valence-electron chi connectivity index (χ3n) is 4.47. The average molecular weight is 512 g/mol. The number of ether oxygens (including phenoxy) is 2.